The molecule has 0 saturated carbocycles. The van der Waals surface area contributed by atoms with Crippen molar-refractivity contribution >= 4 is 44.6 Å². The highest BCUT2D eigenvalue weighted by atomic mass is 32.2. The standard InChI is InChI=1S/C30H36N6O4S2/c1-3-42(39,40)14-12-34-10-7-23(8-11-34)35-18-21-16-26-27(17-22(21)19-35)36(38)29(33-26)28-25(6-9-31-30(28)37)32-20(2)15-24-5-4-13-41-24/h4-6,9,13,16-17,19-20,23H,3,7-8,10-12,14-15,18H2,1-2H3,(H2,31,32,37). The van der Waals surface area contributed by atoms with Crippen LogP contribution in [0.3, 0.4) is 0 Å². The number of hydrogen-bond donors (Lipinski definition) is 2. The molecule has 0 aliphatic carbocycles. The highest BCUT2D eigenvalue weighted by molar-refractivity contribution is 7.91. The number of amidine groups is 1. The summed E-state index contributed by atoms with van der Waals surface area (Å²) < 4.78 is 24.5. The number of nitrogens with one attached hydrogen (secondary N) is 2. The van der Waals surface area contributed by atoms with E-state index in [9.17, 15) is 18.4 Å². The number of aromatic amines is 1. The maximum absolute atomic E-state index is 13.5. The number of rotatable bonds is 10. The third kappa shape index (κ3) is 5.88. The molecule has 5 heterocycles. The summed E-state index contributed by atoms with van der Waals surface area (Å²) in [6, 6.07) is 10.1. The Morgan fingerprint density at radius 2 is 2.07 bits per heavy atom. The summed E-state index contributed by atoms with van der Waals surface area (Å²) in [6.07, 6.45) is 6.43. The molecular formula is C30H36N6O4S2. The Labute approximate surface area is 249 Å². The first-order chi connectivity index (χ1) is 20.2. The Balaban J connectivity index is 1.18. The number of thiophene rings is 1. The molecule has 3 aromatic rings. The van der Waals surface area contributed by atoms with Crippen LogP contribution in [-0.4, -0.2) is 77.0 Å². The van der Waals surface area contributed by atoms with Gasteiger partial charge in [-0.3, -0.25) is 4.79 Å². The number of likely N-dealkylation sites (tertiary alicyclic amines) is 1. The van der Waals surface area contributed by atoms with Gasteiger partial charge in [0.2, 0.25) is 5.36 Å². The molecule has 1 aromatic carbocycles. The van der Waals surface area contributed by atoms with Gasteiger partial charge in [-0.1, -0.05) is 13.0 Å². The van der Waals surface area contributed by atoms with Crippen molar-refractivity contribution in [2.45, 2.75) is 51.7 Å². The average Bonchev–Trinajstić information content (AvgIpc) is 3.71. The smallest absolute Gasteiger partial charge is 0.342 e. The largest absolute Gasteiger partial charge is 0.710 e. The average molecular weight is 609 g/mol. The normalized spacial score (nSPS) is 18.0. The number of anilines is 1. The van der Waals surface area contributed by atoms with E-state index < -0.39 is 9.84 Å². The fourth-order valence-corrected chi connectivity index (χ4v) is 7.65. The lowest BCUT2D eigenvalue weighted by atomic mass is 10.0. The summed E-state index contributed by atoms with van der Waals surface area (Å²) in [5, 5.41) is 20.6. The molecule has 3 aliphatic rings. The maximum atomic E-state index is 13.5. The quantitative estimate of drug-likeness (QED) is 0.267. The van der Waals surface area contributed by atoms with Gasteiger partial charge in [0.15, 0.2) is 21.1 Å². The van der Waals surface area contributed by atoms with Crippen LogP contribution in [0.15, 0.2) is 51.7 Å². The molecule has 42 heavy (non-hydrogen) atoms. The van der Waals surface area contributed by atoms with Crippen LogP contribution in [0.4, 0.5) is 11.4 Å². The highest BCUT2D eigenvalue weighted by Crippen LogP contribution is 2.24. The van der Waals surface area contributed by atoms with Gasteiger partial charge < -0.3 is 25.3 Å². The van der Waals surface area contributed by atoms with Crippen LogP contribution in [0.1, 0.15) is 42.7 Å². The van der Waals surface area contributed by atoms with Crippen molar-refractivity contribution in [1.82, 2.24) is 14.8 Å². The molecular weight excluding hydrogens is 573 g/mol. The zero-order valence-electron chi connectivity index (χ0n) is 23.9. The fraction of sp³-hybridized carbons (Fsp3) is 0.433. The Kier molecular flexibility index (Phi) is 7.95. The van der Waals surface area contributed by atoms with Crippen molar-refractivity contribution < 1.29 is 13.2 Å². The van der Waals surface area contributed by atoms with Gasteiger partial charge >= 0.3 is 5.84 Å². The number of hydrogen-bond acceptors (Lipinski definition) is 9. The molecule has 1 unspecified atom stereocenters. The van der Waals surface area contributed by atoms with Crippen LogP contribution in [-0.2, 0) is 22.8 Å². The van der Waals surface area contributed by atoms with Gasteiger partial charge in [0.05, 0.1) is 11.4 Å². The van der Waals surface area contributed by atoms with E-state index in [2.05, 4.69) is 44.3 Å². The predicted octanol–water partition coefficient (Wildman–Crippen LogP) is 2.15. The van der Waals surface area contributed by atoms with Gasteiger partial charge in [-0.25, -0.2) is 13.2 Å². The van der Waals surface area contributed by atoms with Gasteiger partial charge in [0, 0.05) is 67.7 Å². The van der Waals surface area contributed by atoms with E-state index in [1.807, 2.05) is 23.6 Å². The van der Waals surface area contributed by atoms with Crippen molar-refractivity contribution in [2.24, 2.45) is 4.99 Å². The zero-order chi connectivity index (χ0) is 29.4. The first-order valence-corrected chi connectivity index (χ1v) is 17.2. The first kappa shape index (κ1) is 28.6. The molecule has 1 fully saturated rings. The molecule has 2 aromatic heterocycles. The first-order valence-electron chi connectivity index (χ1n) is 14.5. The second kappa shape index (κ2) is 11.7. The van der Waals surface area contributed by atoms with Gasteiger partial charge in [-0.2, -0.15) is 0 Å². The lowest BCUT2D eigenvalue weighted by molar-refractivity contribution is -0.358. The minimum absolute atomic E-state index is 0.0503. The van der Waals surface area contributed by atoms with Crippen LogP contribution in [0.2, 0.25) is 0 Å². The number of H-pyrrole nitrogens is 1. The van der Waals surface area contributed by atoms with E-state index in [-0.39, 0.29) is 34.5 Å². The van der Waals surface area contributed by atoms with Crippen LogP contribution >= 0.6 is 11.3 Å². The van der Waals surface area contributed by atoms with Gasteiger partial charge in [-0.05, 0) is 65.2 Å². The summed E-state index contributed by atoms with van der Waals surface area (Å²) in [6.45, 7) is 6.82. The van der Waals surface area contributed by atoms with E-state index in [4.69, 9.17) is 0 Å². The third-order valence-corrected chi connectivity index (χ3v) is 11.0. The Morgan fingerprint density at radius 1 is 1.26 bits per heavy atom. The molecule has 0 spiro atoms. The second-order valence-corrected chi connectivity index (χ2v) is 14.8. The summed E-state index contributed by atoms with van der Waals surface area (Å²) >= 11 is 1.69. The van der Waals surface area contributed by atoms with E-state index in [0.29, 0.717) is 29.3 Å². The lowest BCUT2D eigenvalue weighted by Gasteiger charge is -2.36. The zero-order valence-corrected chi connectivity index (χ0v) is 25.5. The molecule has 3 aliphatic heterocycles. The fourth-order valence-electron chi connectivity index (χ4n) is 5.99. The number of aromatic nitrogens is 1. The monoisotopic (exact) mass is 608 g/mol. The number of piperidine rings is 1. The topological polar surface area (TPSA) is 124 Å². The van der Waals surface area contributed by atoms with E-state index in [1.54, 1.807) is 30.5 Å². The molecule has 10 nitrogen and oxygen atoms in total. The van der Waals surface area contributed by atoms with Crippen molar-refractivity contribution in [3.8, 4) is 0 Å². The molecule has 1 atom stereocenters. The molecule has 0 bridgehead atoms. The lowest BCUT2D eigenvalue weighted by Crippen LogP contribution is -2.43. The predicted molar refractivity (Wildman–Crippen MR) is 167 cm³/mol. The molecule has 1 saturated heterocycles. The number of sulfone groups is 1. The maximum Gasteiger partial charge on any atom is 0.342 e. The van der Waals surface area contributed by atoms with Crippen LogP contribution in [0.25, 0.3) is 6.20 Å². The Bertz CT molecular complexity index is 1790. The molecule has 2 N–H and O–H groups in total. The van der Waals surface area contributed by atoms with E-state index in [1.165, 1.54) is 4.88 Å². The molecule has 0 amide bonds. The van der Waals surface area contributed by atoms with E-state index in [0.717, 1.165) is 54.4 Å². The minimum Gasteiger partial charge on any atom is -0.710 e. The summed E-state index contributed by atoms with van der Waals surface area (Å²) in [7, 11) is -2.96. The Morgan fingerprint density at radius 3 is 2.81 bits per heavy atom. The second-order valence-electron chi connectivity index (χ2n) is 11.3. The van der Waals surface area contributed by atoms with Crippen LogP contribution in [0, 0.1) is 5.21 Å². The molecule has 222 valence electrons. The SMILES string of the molecule is CCS(=O)(=O)CCN1CCC(N2C=c3cc4c(cc3C2)=NC(c2c(NC(C)Cc3cccs3)cc[nH]c2=O)=[N+]4[O-])CC1. The molecule has 6 rings (SSSR count). The number of nitrogens with zero attached hydrogens (tertiary/aromatic N) is 4. The Hall–Kier alpha value is -3.48. The molecule has 12 heteroatoms. The van der Waals surface area contributed by atoms with Crippen molar-refractivity contribution in [3.63, 3.8) is 0 Å². The van der Waals surface area contributed by atoms with Crippen molar-refractivity contribution in [2.75, 3.05) is 36.5 Å². The van der Waals surface area contributed by atoms with E-state index >= 15 is 0 Å². The molecule has 0 radical (unpaired) electrons. The van der Waals surface area contributed by atoms with Crippen molar-refractivity contribution in [3.05, 3.63) is 84.0 Å². The number of pyridine rings is 1. The van der Waals surface area contributed by atoms with Crippen LogP contribution in [0.5, 0.6) is 0 Å². The summed E-state index contributed by atoms with van der Waals surface area (Å²) in [5.41, 5.74) is 2.01. The highest BCUT2D eigenvalue weighted by Gasteiger charge is 2.31. The van der Waals surface area contributed by atoms with Gasteiger partial charge in [0.1, 0.15) is 0 Å². The van der Waals surface area contributed by atoms with Crippen molar-refractivity contribution in [1.29, 1.82) is 0 Å². The summed E-state index contributed by atoms with van der Waals surface area (Å²) in [5.74, 6) is 0.502. The third-order valence-electron chi connectivity index (χ3n) is 8.39. The summed E-state index contributed by atoms with van der Waals surface area (Å²) in [4.78, 5) is 26.2. The van der Waals surface area contributed by atoms with Gasteiger partial charge in [-0.15, -0.1) is 11.3 Å². The number of benzene rings is 1. The van der Waals surface area contributed by atoms with Crippen LogP contribution < -0.4 is 21.5 Å². The van der Waals surface area contributed by atoms with Gasteiger partial charge in [0.25, 0.3) is 5.56 Å². The number of fused-ring (bicyclic) bond motifs is 2. The minimum atomic E-state index is -2.96.